The number of anilines is 1. The number of carbonyl (C=O) groups is 1. The van der Waals surface area contributed by atoms with Crippen LogP contribution in [0.3, 0.4) is 0 Å². The van der Waals surface area contributed by atoms with Crippen molar-refractivity contribution in [1.29, 1.82) is 0 Å². The Morgan fingerprint density at radius 2 is 1.79 bits per heavy atom. The van der Waals surface area contributed by atoms with E-state index >= 15 is 0 Å². The van der Waals surface area contributed by atoms with Crippen LogP contribution in [0, 0.1) is 17.0 Å². The van der Waals surface area contributed by atoms with Crippen molar-refractivity contribution in [3.05, 3.63) is 52.1 Å². The van der Waals surface area contributed by atoms with Crippen molar-refractivity contribution >= 4 is 27.3 Å². The first-order valence-electron chi connectivity index (χ1n) is 8.40. The first-order valence-corrected chi connectivity index (χ1v) is 9.88. The second-order valence-corrected chi connectivity index (χ2v) is 7.77. The maximum Gasteiger partial charge on any atom is 0.274 e. The summed E-state index contributed by atoms with van der Waals surface area (Å²) in [5.74, 6) is -0.0873. The second-order valence-electron chi connectivity index (χ2n) is 6.06. The fraction of sp³-hybridized carbons (Fsp3) is 0.278. The average molecular weight is 423 g/mol. The Morgan fingerprint density at radius 1 is 1.14 bits per heavy atom. The van der Waals surface area contributed by atoms with Crippen molar-refractivity contribution in [2.75, 3.05) is 19.5 Å². The Morgan fingerprint density at radius 3 is 2.38 bits per heavy atom. The highest BCUT2D eigenvalue weighted by atomic mass is 32.2. The minimum absolute atomic E-state index is 0.110. The molecule has 0 spiro atoms. The Kier molecular flexibility index (Phi) is 6.77. The zero-order valence-electron chi connectivity index (χ0n) is 16.3. The lowest BCUT2D eigenvalue weighted by Crippen LogP contribution is -2.41. The smallest absolute Gasteiger partial charge is 0.274 e. The van der Waals surface area contributed by atoms with E-state index in [9.17, 15) is 23.3 Å². The third-order valence-electron chi connectivity index (χ3n) is 4.15. The molecule has 0 heterocycles. The van der Waals surface area contributed by atoms with E-state index in [2.05, 4.69) is 10.0 Å². The first-order chi connectivity index (χ1) is 13.6. The molecule has 0 bridgehead atoms. The molecule has 2 rings (SSSR count). The summed E-state index contributed by atoms with van der Waals surface area (Å²) in [6.07, 6.45) is 0. The number of sulfonamides is 1. The maximum atomic E-state index is 12.6. The average Bonchev–Trinajstić information content (AvgIpc) is 2.68. The number of nitrogens with zero attached hydrogens (tertiary/aromatic N) is 1. The van der Waals surface area contributed by atoms with Gasteiger partial charge in [-0.2, -0.15) is 4.72 Å². The third kappa shape index (κ3) is 5.00. The van der Waals surface area contributed by atoms with Gasteiger partial charge in [-0.05, 0) is 32.0 Å². The number of hydrogen-bond donors (Lipinski definition) is 2. The van der Waals surface area contributed by atoms with E-state index in [4.69, 9.17) is 9.47 Å². The molecular weight excluding hydrogens is 402 g/mol. The molecule has 29 heavy (non-hydrogen) atoms. The van der Waals surface area contributed by atoms with Gasteiger partial charge in [0.2, 0.25) is 15.9 Å². The van der Waals surface area contributed by atoms with Gasteiger partial charge in [-0.1, -0.05) is 6.07 Å². The molecule has 2 aromatic carbocycles. The molecule has 156 valence electrons. The van der Waals surface area contributed by atoms with Crippen molar-refractivity contribution in [3.8, 4) is 11.5 Å². The van der Waals surface area contributed by atoms with Gasteiger partial charge in [-0.15, -0.1) is 0 Å². The van der Waals surface area contributed by atoms with Gasteiger partial charge in [0.1, 0.15) is 0 Å². The number of nitro benzene ring substituents is 1. The Balaban J connectivity index is 2.19. The van der Waals surface area contributed by atoms with Crippen molar-refractivity contribution in [3.63, 3.8) is 0 Å². The van der Waals surface area contributed by atoms with Gasteiger partial charge < -0.3 is 14.8 Å². The Labute approximate surface area is 168 Å². The number of carbonyl (C=O) groups excluding carboxylic acids is 1. The van der Waals surface area contributed by atoms with E-state index in [1.165, 1.54) is 64.5 Å². The van der Waals surface area contributed by atoms with Crippen molar-refractivity contribution in [2.24, 2.45) is 0 Å². The monoisotopic (exact) mass is 423 g/mol. The summed E-state index contributed by atoms with van der Waals surface area (Å²) in [7, 11) is -1.24. The first kappa shape index (κ1) is 22.1. The van der Waals surface area contributed by atoms with Gasteiger partial charge in [-0.25, -0.2) is 8.42 Å². The number of hydrogen-bond acceptors (Lipinski definition) is 7. The van der Waals surface area contributed by atoms with Gasteiger partial charge in [0.05, 0.1) is 41.3 Å². The van der Waals surface area contributed by atoms with Gasteiger partial charge in [0.15, 0.2) is 11.5 Å². The van der Waals surface area contributed by atoms with Crippen molar-refractivity contribution in [2.45, 2.75) is 24.8 Å². The predicted octanol–water partition coefficient (Wildman–Crippen LogP) is 2.23. The number of ether oxygens (including phenoxy) is 2. The van der Waals surface area contributed by atoms with Gasteiger partial charge in [-0.3, -0.25) is 14.9 Å². The Bertz CT molecular complexity index is 1040. The lowest BCUT2D eigenvalue weighted by Gasteiger charge is -2.16. The van der Waals surface area contributed by atoms with Gasteiger partial charge >= 0.3 is 0 Å². The highest BCUT2D eigenvalue weighted by Gasteiger charge is 2.24. The topological polar surface area (TPSA) is 137 Å². The molecule has 0 saturated heterocycles. The number of benzene rings is 2. The molecule has 1 amide bonds. The van der Waals surface area contributed by atoms with Crippen LogP contribution in [0.1, 0.15) is 12.5 Å². The molecule has 0 unspecified atom stereocenters. The van der Waals surface area contributed by atoms with Crippen LogP contribution in [0.25, 0.3) is 0 Å². The third-order valence-corrected chi connectivity index (χ3v) is 5.69. The molecule has 0 aromatic heterocycles. The molecule has 2 aromatic rings. The summed E-state index contributed by atoms with van der Waals surface area (Å²) in [6, 6.07) is 7.12. The van der Waals surface area contributed by atoms with Crippen LogP contribution in [0.15, 0.2) is 41.3 Å². The Hall–Kier alpha value is -3.18. The fourth-order valence-corrected chi connectivity index (χ4v) is 3.75. The number of rotatable bonds is 8. The van der Waals surface area contributed by atoms with Gasteiger partial charge in [0, 0.05) is 12.1 Å². The number of nitro groups is 1. The van der Waals surface area contributed by atoms with E-state index in [1.807, 2.05) is 0 Å². The fourth-order valence-electron chi connectivity index (χ4n) is 2.54. The van der Waals surface area contributed by atoms with Crippen LogP contribution in [0.5, 0.6) is 11.5 Å². The van der Waals surface area contributed by atoms with Crippen LogP contribution >= 0.6 is 0 Å². The van der Waals surface area contributed by atoms with E-state index in [0.29, 0.717) is 5.75 Å². The zero-order valence-corrected chi connectivity index (χ0v) is 17.1. The molecular formula is C18H21N3O7S. The largest absolute Gasteiger partial charge is 0.493 e. The lowest BCUT2D eigenvalue weighted by molar-refractivity contribution is -0.385. The van der Waals surface area contributed by atoms with Crippen LogP contribution in [0.2, 0.25) is 0 Å². The SMILES string of the molecule is COc1ccc(S(=O)(=O)N[C@@H](C)C(=O)Nc2cccc([N+](=O)[O-])c2C)cc1OC. The summed E-state index contributed by atoms with van der Waals surface area (Å²) >= 11 is 0. The molecule has 11 heteroatoms. The van der Waals surface area contributed by atoms with Gasteiger partial charge in [0.25, 0.3) is 5.69 Å². The highest BCUT2D eigenvalue weighted by molar-refractivity contribution is 7.89. The second kappa shape index (κ2) is 8.88. The van der Waals surface area contributed by atoms with E-state index in [1.54, 1.807) is 0 Å². The number of methoxy groups -OCH3 is 2. The summed E-state index contributed by atoms with van der Waals surface area (Å²) in [6.45, 7) is 2.85. The van der Waals surface area contributed by atoms with E-state index in [0.717, 1.165) is 0 Å². The molecule has 0 radical (unpaired) electrons. The molecule has 1 atom stereocenters. The van der Waals surface area contributed by atoms with E-state index < -0.39 is 26.9 Å². The van der Waals surface area contributed by atoms with Crippen LogP contribution < -0.4 is 19.5 Å². The van der Waals surface area contributed by atoms with Crippen LogP contribution in [-0.4, -0.2) is 39.5 Å². The molecule has 0 fully saturated rings. The standard InChI is InChI=1S/C18H21N3O7S/c1-11-14(6-5-7-15(11)21(23)24)19-18(22)12(2)20-29(25,26)13-8-9-16(27-3)17(10-13)28-4/h5-10,12,20H,1-4H3,(H,19,22)/t12-/m0/s1. The quantitative estimate of drug-likeness (QED) is 0.490. The molecule has 2 N–H and O–H groups in total. The summed E-state index contributed by atoms with van der Waals surface area (Å²) in [4.78, 5) is 22.8. The minimum Gasteiger partial charge on any atom is -0.493 e. The maximum absolute atomic E-state index is 12.6. The summed E-state index contributed by atoms with van der Waals surface area (Å²) in [5.41, 5.74) is 0.337. The highest BCUT2D eigenvalue weighted by Crippen LogP contribution is 2.29. The van der Waals surface area contributed by atoms with Crippen molar-refractivity contribution < 1.29 is 27.6 Å². The molecule has 0 aliphatic carbocycles. The molecule has 0 saturated carbocycles. The van der Waals surface area contributed by atoms with Crippen LogP contribution in [-0.2, 0) is 14.8 Å². The summed E-state index contributed by atoms with van der Waals surface area (Å²) in [5, 5.41) is 13.5. The van der Waals surface area contributed by atoms with Crippen molar-refractivity contribution in [1.82, 2.24) is 4.72 Å². The normalized spacial score (nSPS) is 12.1. The number of amides is 1. The summed E-state index contributed by atoms with van der Waals surface area (Å²) < 4.78 is 37.6. The number of nitrogens with one attached hydrogen (secondary N) is 2. The van der Waals surface area contributed by atoms with E-state index in [-0.39, 0.29) is 27.6 Å². The zero-order chi connectivity index (χ0) is 21.8. The molecule has 0 aliphatic heterocycles. The predicted molar refractivity (Wildman–Crippen MR) is 106 cm³/mol. The lowest BCUT2D eigenvalue weighted by atomic mass is 10.1. The molecule has 10 nitrogen and oxygen atoms in total. The molecule has 0 aliphatic rings. The van der Waals surface area contributed by atoms with Crippen LogP contribution in [0.4, 0.5) is 11.4 Å². The minimum atomic E-state index is -4.04.